The lowest BCUT2D eigenvalue weighted by Gasteiger charge is -2.26. The van der Waals surface area contributed by atoms with Crippen LogP contribution in [0.15, 0.2) is 17.8 Å². The SMILES string of the molecule is C=C/N=C(/C(=N)N)N(C)OCC(C)(C)C(=O)OC. The van der Waals surface area contributed by atoms with Gasteiger partial charge in [-0.3, -0.25) is 15.0 Å². The van der Waals surface area contributed by atoms with E-state index in [1.807, 2.05) is 0 Å². The number of nitrogens with one attached hydrogen (secondary N) is 1. The number of carbonyl (C=O) groups is 1. The van der Waals surface area contributed by atoms with Crippen molar-refractivity contribution in [3.63, 3.8) is 0 Å². The van der Waals surface area contributed by atoms with Gasteiger partial charge in [-0.1, -0.05) is 6.58 Å². The summed E-state index contributed by atoms with van der Waals surface area (Å²) in [7, 11) is 2.85. The van der Waals surface area contributed by atoms with Crippen LogP contribution in [0.3, 0.4) is 0 Å². The largest absolute Gasteiger partial charge is 0.469 e. The van der Waals surface area contributed by atoms with E-state index in [9.17, 15) is 4.79 Å². The van der Waals surface area contributed by atoms with Crippen LogP contribution in [0.4, 0.5) is 0 Å². The normalized spacial score (nSPS) is 11.9. The van der Waals surface area contributed by atoms with Gasteiger partial charge in [0.1, 0.15) is 0 Å². The zero-order chi connectivity index (χ0) is 14.3. The molecule has 0 radical (unpaired) electrons. The van der Waals surface area contributed by atoms with Crippen molar-refractivity contribution in [1.82, 2.24) is 5.06 Å². The number of hydrogen-bond donors (Lipinski definition) is 2. The minimum absolute atomic E-state index is 0.0691. The van der Waals surface area contributed by atoms with Gasteiger partial charge in [-0.15, -0.1) is 0 Å². The second-order valence-electron chi connectivity index (χ2n) is 4.20. The number of methoxy groups -OCH3 is 1. The molecule has 0 aliphatic carbocycles. The molecular weight excluding hydrogens is 236 g/mol. The van der Waals surface area contributed by atoms with Crippen molar-refractivity contribution in [2.45, 2.75) is 13.8 Å². The summed E-state index contributed by atoms with van der Waals surface area (Å²) in [5.41, 5.74) is 4.53. The predicted molar refractivity (Wildman–Crippen MR) is 69.1 cm³/mol. The molecule has 0 unspecified atom stereocenters. The van der Waals surface area contributed by atoms with Crippen LogP contribution in [-0.2, 0) is 14.4 Å². The Balaban J connectivity index is 4.63. The molecular formula is C11H20N4O3. The molecule has 0 atom stereocenters. The van der Waals surface area contributed by atoms with E-state index in [-0.39, 0.29) is 24.2 Å². The van der Waals surface area contributed by atoms with Crippen LogP contribution in [0.2, 0.25) is 0 Å². The molecule has 0 aliphatic heterocycles. The summed E-state index contributed by atoms with van der Waals surface area (Å²) >= 11 is 0. The van der Waals surface area contributed by atoms with Crippen LogP contribution in [0, 0.1) is 10.8 Å². The van der Waals surface area contributed by atoms with E-state index in [1.54, 1.807) is 13.8 Å². The molecule has 7 heteroatoms. The van der Waals surface area contributed by atoms with E-state index >= 15 is 0 Å². The molecule has 0 rings (SSSR count). The fraction of sp³-hybridized carbons (Fsp3) is 0.545. The lowest BCUT2D eigenvalue weighted by molar-refractivity contribution is -0.164. The highest BCUT2D eigenvalue weighted by Crippen LogP contribution is 2.17. The maximum absolute atomic E-state index is 11.4. The molecule has 0 aromatic rings. The molecule has 0 bridgehead atoms. The minimum Gasteiger partial charge on any atom is -0.469 e. The Kier molecular flexibility index (Phi) is 6.04. The standard InChI is InChI=1S/C11H20N4O3/c1-6-14-9(8(12)13)15(4)18-7-11(2,3)10(16)17-5/h6H,1,7H2,2-5H3,(H3,12,13)/b14-9-. The Morgan fingerprint density at radius 3 is 2.56 bits per heavy atom. The number of aliphatic imine (C=N–C) groups is 1. The van der Waals surface area contributed by atoms with Crippen molar-refractivity contribution < 1.29 is 14.4 Å². The monoisotopic (exact) mass is 256 g/mol. The Labute approximate surface area is 107 Å². The fourth-order valence-electron chi connectivity index (χ4n) is 1.06. The third kappa shape index (κ3) is 4.54. The lowest BCUT2D eigenvalue weighted by Crippen LogP contribution is -2.41. The summed E-state index contributed by atoms with van der Waals surface area (Å²) in [6.07, 6.45) is 1.25. The van der Waals surface area contributed by atoms with Gasteiger partial charge in [0, 0.05) is 13.2 Å². The molecule has 0 saturated heterocycles. The number of amidine groups is 2. The Morgan fingerprint density at radius 2 is 2.17 bits per heavy atom. The number of esters is 1. The number of ether oxygens (including phenoxy) is 1. The van der Waals surface area contributed by atoms with Gasteiger partial charge in [-0.2, -0.15) is 0 Å². The van der Waals surface area contributed by atoms with Crippen LogP contribution in [0.25, 0.3) is 0 Å². The Hall–Kier alpha value is -1.89. The van der Waals surface area contributed by atoms with Gasteiger partial charge in [0.25, 0.3) is 0 Å². The predicted octanol–water partition coefficient (Wildman–Crippen LogP) is 0.527. The van der Waals surface area contributed by atoms with E-state index in [2.05, 4.69) is 16.3 Å². The van der Waals surface area contributed by atoms with E-state index in [1.165, 1.54) is 25.4 Å². The highest BCUT2D eigenvalue weighted by Gasteiger charge is 2.30. The van der Waals surface area contributed by atoms with Crippen molar-refractivity contribution >= 4 is 17.6 Å². The average molecular weight is 256 g/mol. The maximum atomic E-state index is 11.4. The van der Waals surface area contributed by atoms with E-state index in [0.717, 1.165) is 0 Å². The zero-order valence-electron chi connectivity index (χ0n) is 11.2. The van der Waals surface area contributed by atoms with Gasteiger partial charge in [-0.25, -0.2) is 10.1 Å². The fourth-order valence-corrected chi connectivity index (χ4v) is 1.06. The molecule has 0 heterocycles. The summed E-state index contributed by atoms with van der Waals surface area (Å²) in [6.45, 7) is 6.86. The van der Waals surface area contributed by atoms with Crippen molar-refractivity contribution in [3.05, 3.63) is 12.8 Å². The van der Waals surface area contributed by atoms with Crippen LogP contribution < -0.4 is 5.73 Å². The lowest BCUT2D eigenvalue weighted by atomic mass is 9.95. The first-order valence-electron chi connectivity index (χ1n) is 5.24. The quantitative estimate of drug-likeness (QED) is 0.323. The summed E-state index contributed by atoms with van der Waals surface area (Å²) in [5, 5.41) is 8.54. The van der Waals surface area contributed by atoms with E-state index in [0.29, 0.717) is 0 Å². The van der Waals surface area contributed by atoms with Crippen LogP contribution >= 0.6 is 0 Å². The number of nitrogens with two attached hydrogens (primary N) is 1. The third-order valence-electron chi connectivity index (χ3n) is 2.11. The summed E-state index contributed by atoms with van der Waals surface area (Å²) in [6, 6.07) is 0. The van der Waals surface area contributed by atoms with Gasteiger partial charge in [0.15, 0.2) is 11.7 Å². The molecule has 0 aromatic carbocycles. The summed E-state index contributed by atoms with van der Waals surface area (Å²) in [4.78, 5) is 20.6. The molecule has 0 fully saturated rings. The summed E-state index contributed by atoms with van der Waals surface area (Å²) in [5.74, 6) is -0.528. The minimum atomic E-state index is -0.806. The number of hydrogen-bond acceptors (Lipinski definition) is 5. The van der Waals surface area contributed by atoms with Crippen molar-refractivity contribution in [1.29, 1.82) is 5.41 Å². The topological polar surface area (TPSA) is 101 Å². The van der Waals surface area contributed by atoms with E-state index in [4.69, 9.17) is 16.0 Å². The highest BCUT2D eigenvalue weighted by atomic mass is 16.7. The average Bonchev–Trinajstić information content (AvgIpc) is 2.31. The molecule has 0 aromatic heterocycles. The summed E-state index contributed by atoms with van der Waals surface area (Å²) < 4.78 is 4.65. The molecule has 0 spiro atoms. The molecule has 0 saturated carbocycles. The Bertz CT molecular complexity index is 363. The van der Waals surface area contributed by atoms with E-state index < -0.39 is 5.41 Å². The molecule has 0 amide bonds. The molecule has 3 N–H and O–H groups in total. The van der Waals surface area contributed by atoms with Gasteiger partial charge < -0.3 is 10.5 Å². The third-order valence-corrected chi connectivity index (χ3v) is 2.11. The Morgan fingerprint density at radius 1 is 1.61 bits per heavy atom. The molecule has 0 aliphatic rings. The second-order valence-corrected chi connectivity index (χ2v) is 4.20. The van der Waals surface area contributed by atoms with Crippen LogP contribution in [0.5, 0.6) is 0 Å². The van der Waals surface area contributed by atoms with Gasteiger partial charge in [0.2, 0.25) is 0 Å². The first kappa shape index (κ1) is 16.1. The molecule has 7 nitrogen and oxygen atoms in total. The van der Waals surface area contributed by atoms with Crippen LogP contribution in [0.1, 0.15) is 13.8 Å². The van der Waals surface area contributed by atoms with Gasteiger partial charge in [0.05, 0.1) is 19.1 Å². The maximum Gasteiger partial charge on any atom is 0.313 e. The first-order valence-corrected chi connectivity index (χ1v) is 5.24. The van der Waals surface area contributed by atoms with Crippen molar-refractivity contribution in [2.75, 3.05) is 20.8 Å². The number of carbonyl (C=O) groups excluding carboxylic acids is 1. The number of hydroxylamine groups is 2. The van der Waals surface area contributed by atoms with Crippen molar-refractivity contribution in [3.8, 4) is 0 Å². The molecule has 18 heavy (non-hydrogen) atoms. The second kappa shape index (κ2) is 6.75. The van der Waals surface area contributed by atoms with Gasteiger partial charge in [-0.05, 0) is 13.8 Å². The van der Waals surface area contributed by atoms with Gasteiger partial charge >= 0.3 is 5.97 Å². The van der Waals surface area contributed by atoms with Crippen LogP contribution in [-0.4, -0.2) is 43.5 Å². The number of likely N-dealkylation sites (N-methyl/N-ethyl adjacent to an activating group) is 1. The smallest absolute Gasteiger partial charge is 0.313 e. The first-order chi connectivity index (χ1) is 8.26. The zero-order valence-corrected chi connectivity index (χ0v) is 11.2. The number of nitrogens with zero attached hydrogens (tertiary/aromatic N) is 2. The molecule has 102 valence electrons. The van der Waals surface area contributed by atoms with Crippen molar-refractivity contribution in [2.24, 2.45) is 16.1 Å². The number of rotatable bonds is 5. The highest BCUT2D eigenvalue weighted by molar-refractivity contribution is 6.38.